The third-order valence-corrected chi connectivity index (χ3v) is 4.50. The van der Waals surface area contributed by atoms with E-state index in [0.717, 1.165) is 30.7 Å². The number of hydrogen-bond acceptors (Lipinski definition) is 0. The smallest absolute Gasteiger partial charge is 0.129 e. The fraction of sp³-hybridized carbons (Fsp3) is 0.647. The second-order valence-corrected chi connectivity index (χ2v) is 5.95. The lowest BCUT2D eigenvalue weighted by atomic mass is 9.78. The molecule has 1 aliphatic carbocycles. The highest BCUT2D eigenvalue weighted by molar-refractivity contribution is 5.18. The third kappa shape index (κ3) is 4.29. The molecule has 0 nitrogen and oxygen atoms in total. The number of rotatable bonds is 5. The van der Waals surface area contributed by atoms with Crippen LogP contribution in [0.25, 0.3) is 0 Å². The summed E-state index contributed by atoms with van der Waals surface area (Å²) >= 11 is 0. The Hall–Kier alpha value is -0.920. The van der Waals surface area contributed by atoms with Gasteiger partial charge >= 0.3 is 0 Å². The molecule has 0 bridgehead atoms. The van der Waals surface area contributed by atoms with Crippen LogP contribution in [-0.2, 0) is 6.42 Å². The summed E-state index contributed by atoms with van der Waals surface area (Å²) in [7, 11) is 0. The molecule has 0 saturated heterocycles. The van der Waals surface area contributed by atoms with Gasteiger partial charge in [-0.15, -0.1) is 0 Å². The van der Waals surface area contributed by atoms with E-state index in [9.17, 15) is 8.78 Å². The van der Waals surface area contributed by atoms with E-state index in [1.165, 1.54) is 44.6 Å². The van der Waals surface area contributed by atoms with Crippen LogP contribution in [0, 0.1) is 23.5 Å². The maximum absolute atomic E-state index is 13.5. The molecular formula is C17H24F2. The molecular weight excluding hydrogens is 242 g/mol. The molecule has 0 atom stereocenters. The van der Waals surface area contributed by atoms with Crippen molar-refractivity contribution in [2.75, 3.05) is 0 Å². The highest BCUT2D eigenvalue weighted by atomic mass is 19.1. The van der Waals surface area contributed by atoms with Crippen LogP contribution in [0.4, 0.5) is 8.78 Å². The van der Waals surface area contributed by atoms with Crippen molar-refractivity contribution in [3.63, 3.8) is 0 Å². The summed E-state index contributed by atoms with van der Waals surface area (Å²) in [5, 5.41) is 0. The minimum absolute atomic E-state index is 0.389. The van der Waals surface area contributed by atoms with Crippen molar-refractivity contribution in [1.29, 1.82) is 0 Å². The van der Waals surface area contributed by atoms with Crippen LogP contribution in [-0.4, -0.2) is 0 Å². The van der Waals surface area contributed by atoms with Gasteiger partial charge in [0.15, 0.2) is 0 Å². The van der Waals surface area contributed by atoms with Crippen molar-refractivity contribution >= 4 is 0 Å². The maximum atomic E-state index is 13.5. The van der Waals surface area contributed by atoms with Crippen molar-refractivity contribution in [2.45, 2.75) is 58.3 Å². The molecule has 0 amide bonds. The first-order valence-electron chi connectivity index (χ1n) is 7.63. The van der Waals surface area contributed by atoms with Crippen molar-refractivity contribution in [2.24, 2.45) is 11.8 Å². The number of benzene rings is 1. The summed E-state index contributed by atoms with van der Waals surface area (Å²) < 4.78 is 26.3. The summed E-state index contributed by atoms with van der Waals surface area (Å²) in [6.07, 6.45) is 9.68. The molecule has 1 aliphatic rings. The van der Waals surface area contributed by atoms with Gasteiger partial charge in [-0.1, -0.05) is 51.5 Å². The van der Waals surface area contributed by atoms with Gasteiger partial charge in [-0.3, -0.25) is 0 Å². The largest absolute Gasteiger partial charge is 0.207 e. The first-order valence-corrected chi connectivity index (χ1v) is 7.63. The normalized spacial score (nSPS) is 23.5. The second kappa shape index (κ2) is 7.02. The topological polar surface area (TPSA) is 0 Å². The number of aryl methyl sites for hydroxylation is 1. The predicted molar refractivity (Wildman–Crippen MR) is 75.0 cm³/mol. The molecule has 2 rings (SSSR count). The van der Waals surface area contributed by atoms with E-state index in [2.05, 4.69) is 6.92 Å². The van der Waals surface area contributed by atoms with Gasteiger partial charge in [0.25, 0.3) is 0 Å². The van der Waals surface area contributed by atoms with Gasteiger partial charge in [-0.25, -0.2) is 8.78 Å². The van der Waals surface area contributed by atoms with Crippen molar-refractivity contribution < 1.29 is 8.78 Å². The van der Waals surface area contributed by atoms with Gasteiger partial charge in [0.2, 0.25) is 0 Å². The van der Waals surface area contributed by atoms with E-state index in [0.29, 0.717) is 5.56 Å². The summed E-state index contributed by atoms with van der Waals surface area (Å²) in [4.78, 5) is 0. The summed E-state index contributed by atoms with van der Waals surface area (Å²) in [6, 6.07) is 3.94. The highest BCUT2D eigenvalue weighted by Crippen LogP contribution is 2.33. The fourth-order valence-corrected chi connectivity index (χ4v) is 3.30. The van der Waals surface area contributed by atoms with Crippen LogP contribution >= 0.6 is 0 Å². The average molecular weight is 266 g/mol. The molecule has 1 aromatic rings. The Balaban J connectivity index is 1.77. The molecule has 0 heterocycles. The quantitative estimate of drug-likeness (QED) is 0.659. The molecule has 0 aliphatic heterocycles. The lowest BCUT2D eigenvalue weighted by Crippen LogP contribution is -2.15. The van der Waals surface area contributed by atoms with Crippen LogP contribution in [0.5, 0.6) is 0 Å². The van der Waals surface area contributed by atoms with E-state index >= 15 is 0 Å². The van der Waals surface area contributed by atoms with Gasteiger partial charge in [-0.05, 0) is 36.3 Å². The first-order chi connectivity index (χ1) is 9.19. The van der Waals surface area contributed by atoms with Crippen molar-refractivity contribution in [3.8, 4) is 0 Å². The number of hydrogen-bond donors (Lipinski definition) is 0. The monoisotopic (exact) mass is 266 g/mol. The Kier molecular flexibility index (Phi) is 5.35. The first kappa shape index (κ1) is 14.5. The molecule has 1 fully saturated rings. The van der Waals surface area contributed by atoms with Gasteiger partial charge < -0.3 is 0 Å². The fourth-order valence-electron chi connectivity index (χ4n) is 3.30. The lowest BCUT2D eigenvalue weighted by molar-refractivity contribution is 0.252. The summed E-state index contributed by atoms with van der Waals surface area (Å²) in [5.41, 5.74) is 0.664. The van der Waals surface area contributed by atoms with Crippen molar-refractivity contribution in [1.82, 2.24) is 0 Å². The maximum Gasteiger partial charge on any atom is 0.129 e. The average Bonchev–Trinajstić information content (AvgIpc) is 2.40. The zero-order valence-corrected chi connectivity index (χ0v) is 11.8. The molecule has 1 aromatic carbocycles. The lowest BCUT2D eigenvalue weighted by Gasteiger charge is -2.28. The molecule has 0 spiro atoms. The minimum Gasteiger partial charge on any atom is -0.207 e. The van der Waals surface area contributed by atoms with Crippen LogP contribution < -0.4 is 0 Å². The van der Waals surface area contributed by atoms with Gasteiger partial charge in [0.1, 0.15) is 11.6 Å². The van der Waals surface area contributed by atoms with Gasteiger partial charge in [0.05, 0.1) is 0 Å². The van der Waals surface area contributed by atoms with E-state index in [-0.39, 0.29) is 5.82 Å². The van der Waals surface area contributed by atoms with E-state index in [4.69, 9.17) is 0 Å². The molecule has 0 unspecified atom stereocenters. The van der Waals surface area contributed by atoms with Crippen LogP contribution in [0.2, 0.25) is 0 Å². The summed E-state index contributed by atoms with van der Waals surface area (Å²) in [5.74, 6) is 0.780. The number of halogens is 2. The zero-order valence-electron chi connectivity index (χ0n) is 11.8. The molecule has 0 N–H and O–H groups in total. The second-order valence-electron chi connectivity index (χ2n) is 5.95. The van der Waals surface area contributed by atoms with Crippen LogP contribution in [0.1, 0.15) is 57.4 Å². The molecule has 0 radical (unpaired) electrons. The Morgan fingerprint density at radius 3 is 2.21 bits per heavy atom. The van der Waals surface area contributed by atoms with E-state index in [1.54, 1.807) is 6.07 Å². The Morgan fingerprint density at radius 2 is 1.63 bits per heavy atom. The third-order valence-electron chi connectivity index (χ3n) is 4.50. The minimum atomic E-state index is -0.485. The zero-order chi connectivity index (χ0) is 13.7. The van der Waals surface area contributed by atoms with E-state index in [1.807, 2.05) is 0 Å². The molecule has 106 valence electrons. The standard InChI is InChI=1S/C17H24F2/c1-2-3-13-4-6-14(7-5-13)8-9-15-10-11-16(18)12-17(15)19/h10-14H,2-9H2,1H3/t13-,14-. The Bertz CT molecular complexity index is 392. The SMILES string of the molecule is CCC[C@H]1CC[C@H](CCc2ccc(F)cc2F)CC1. The molecule has 2 heteroatoms. The highest BCUT2D eigenvalue weighted by Gasteiger charge is 2.20. The van der Waals surface area contributed by atoms with E-state index < -0.39 is 5.82 Å². The van der Waals surface area contributed by atoms with Crippen LogP contribution in [0.15, 0.2) is 18.2 Å². The van der Waals surface area contributed by atoms with Crippen LogP contribution in [0.3, 0.4) is 0 Å². The van der Waals surface area contributed by atoms with Crippen molar-refractivity contribution in [3.05, 3.63) is 35.4 Å². The molecule has 0 aromatic heterocycles. The molecule has 1 saturated carbocycles. The Labute approximate surface area is 115 Å². The Morgan fingerprint density at radius 1 is 1.00 bits per heavy atom. The van der Waals surface area contributed by atoms with Gasteiger partial charge in [0, 0.05) is 6.07 Å². The molecule has 19 heavy (non-hydrogen) atoms. The van der Waals surface area contributed by atoms with Gasteiger partial charge in [-0.2, -0.15) is 0 Å². The summed E-state index contributed by atoms with van der Waals surface area (Å²) in [6.45, 7) is 2.25. The predicted octanol–water partition coefficient (Wildman–Crippen LogP) is 5.50.